The molecule has 0 radical (unpaired) electrons. The second-order valence-electron chi connectivity index (χ2n) is 6.75. The first-order valence-corrected chi connectivity index (χ1v) is 10.2. The number of benzene rings is 1. The van der Waals surface area contributed by atoms with Crippen LogP contribution in [-0.2, 0) is 17.6 Å². The van der Waals surface area contributed by atoms with Crippen molar-refractivity contribution in [2.24, 2.45) is 0 Å². The van der Waals surface area contributed by atoms with Crippen molar-refractivity contribution >= 4 is 22.9 Å². The lowest BCUT2D eigenvalue weighted by atomic mass is 10.1. The van der Waals surface area contributed by atoms with Crippen LogP contribution in [0.1, 0.15) is 30.9 Å². The first-order chi connectivity index (χ1) is 13.5. The normalized spacial score (nSPS) is 15.2. The molecular weight excluding hydrogens is 376 g/mol. The molecule has 1 aromatic carbocycles. The van der Waals surface area contributed by atoms with Gasteiger partial charge >= 0.3 is 0 Å². The number of nitrogens with zero attached hydrogens (tertiary/aromatic N) is 1. The van der Waals surface area contributed by atoms with Gasteiger partial charge in [-0.05, 0) is 38.3 Å². The van der Waals surface area contributed by atoms with Crippen LogP contribution in [0.3, 0.4) is 0 Å². The number of thiophene rings is 1. The smallest absolute Gasteiger partial charge is 0.236 e. The van der Waals surface area contributed by atoms with E-state index in [0.29, 0.717) is 35.4 Å². The van der Waals surface area contributed by atoms with Gasteiger partial charge in [0.15, 0.2) is 0 Å². The van der Waals surface area contributed by atoms with E-state index in [0.717, 1.165) is 22.6 Å². The molecule has 6 nitrogen and oxygen atoms in total. The summed E-state index contributed by atoms with van der Waals surface area (Å²) in [7, 11) is 0. The highest BCUT2D eigenvalue weighted by Crippen LogP contribution is 2.38. The molecule has 28 heavy (non-hydrogen) atoms. The molecule has 146 valence electrons. The SMILES string of the molecule is CCOc1cc2c(cc1NC(=O)Cc1nc(-c3cccs3)oc1C)O[C@@H](C)C2. The lowest BCUT2D eigenvalue weighted by Gasteiger charge is -2.13. The predicted octanol–water partition coefficient (Wildman–Crippen LogP) is 4.61. The Morgan fingerprint density at radius 3 is 3.04 bits per heavy atom. The maximum Gasteiger partial charge on any atom is 0.236 e. The number of amides is 1. The van der Waals surface area contributed by atoms with Crippen molar-refractivity contribution in [3.8, 4) is 22.3 Å². The van der Waals surface area contributed by atoms with Gasteiger partial charge in [-0.2, -0.15) is 0 Å². The van der Waals surface area contributed by atoms with E-state index in [1.165, 1.54) is 0 Å². The highest BCUT2D eigenvalue weighted by molar-refractivity contribution is 7.13. The van der Waals surface area contributed by atoms with Crippen molar-refractivity contribution in [3.63, 3.8) is 0 Å². The predicted molar refractivity (Wildman–Crippen MR) is 108 cm³/mol. The molecule has 2 aromatic heterocycles. The van der Waals surface area contributed by atoms with Gasteiger partial charge in [0.25, 0.3) is 0 Å². The fourth-order valence-electron chi connectivity index (χ4n) is 3.26. The van der Waals surface area contributed by atoms with Gasteiger partial charge in [-0.3, -0.25) is 4.79 Å². The van der Waals surface area contributed by atoms with E-state index in [2.05, 4.69) is 10.3 Å². The molecule has 4 rings (SSSR count). The van der Waals surface area contributed by atoms with Crippen molar-refractivity contribution in [1.82, 2.24) is 4.98 Å². The van der Waals surface area contributed by atoms with Gasteiger partial charge in [0, 0.05) is 18.1 Å². The largest absolute Gasteiger partial charge is 0.492 e. The number of nitrogens with one attached hydrogen (secondary N) is 1. The topological polar surface area (TPSA) is 73.6 Å². The fraction of sp³-hybridized carbons (Fsp3) is 0.333. The van der Waals surface area contributed by atoms with E-state index in [-0.39, 0.29) is 18.4 Å². The summed E-state index contributed by atoms with van der Waals surface area (Å²) in [6.07, 6.45) is 1.09. The first kappa shape index (κ1) is 18.6. The number of oxazole rings is 1. The van der Waals surface area contributed by atoms with E-state index < -0.39 is 0 Å². The fourth-order valence-corrected chi connectivity index (χ4v) is 3.91. The summed E-state index contributed by atoms with van der Waals surface area (Å²) in [6.45, 7) is 6.29. The molecule has 0 bridgehead atoms. The zero-order valence-electron chi connectivity index (χ0n) is 16.1. The zero-order valence-corrected chi connectivity index (χ0v) is 16.9. The summed E-state index contributed by atoms with van der Waals surface area (Å²) in [6, 6.07) is 7.68. The lowest BCUT2D eigenvalue weighted by Crippen LogP contribution is -2.16. The van der Waals surface area contributed by atoms with Crippen molar-refractivity contribution in [1.29, 1.82) is 0 Å². The molecule has 1 atom stereocenters. The molecule has 0 aliphatic carbocycles. The number of aromatic nitrogens is 1. The molecule has 3 heterocycles. The molecule has 0 fully saturated rings. The number of aryl methyl sites for hydroxylation is 1. The summed E-state index contributed by atoms with van der Waals surface area (Å²) in [5.74, 6) is 2.47. The van der Waals surface area contributed by atoms with E-state index in [4.69, 9.17) is 13.9 Å². The third kappa shape index (κ3) is 3.75. The molecule has 1 aliphatic rings. The van der Waals surface area contributed by atoms with Crippen molar-refractivity contribution in [2.75, 3.05) is 11.9 Å². The minimum atomic E-state index is -0.180. The maximum absolute atomic E-state index is 12.7. The van der Waals surface area contributed by atoms with Gasteiger partial charge in [-0.1, -0.05) is 6.07 Å². The minimum Gasteiger partial charge on any atom is -0.492 e. The second kappa shape index (κ2) is 7.67. The van der Waals surface area contributed by atoms with Crippen LogP contribution in [0.15, 0.2) is 34.1 Å². The lowest BCUT2D eigenvalue weighted by molar-refractivity contribution is -0.115. The number of hydrogen-bond acceptors (Lipinski definition) is 6. The molecule has 0 unspecified atom stereocenters. The summed E-state index contributed by atoms with van der Waals surface area (Å²) in [5, 5.41) is 4.90. The Bertz CT molecular complexity index is 994. The van der Waals surface area contributed by atoms with Crippen LogP contribution < -0.4 is 14.8 Å². The Morgan fingerprint density at radius 2 is 2.29 bits per heavy atom. The molecular formula is C21H22N2O4S. The number of carbonyl (C=O) groups is 1. The number of carbonyl (C=O) groups excluding carboxylic acids is 1. The van der Waals surface area contributed by atoms with Gasteiger partial charge < -0.3 is 19.2 Å². The molecule has 7 heteroatoms. The van der Waals surface area contributed by atoms with Crippen LogP contribution in [-0.4, -0.2) is 23.6 Å². The quantitative estimate of drug-likeness (QED) is 0.656. The third-order valence-corrected chi connectivity index (χ3v) is 5.38. The van der Waals surface area contributed by atoms with Crippen LogP contribution in [0.4, 0.5) is 5.69 Å². The van der Waals surface area contributed by atoms with Crippen LogP contribution >= 0.6 is 11.3 Å². The highest BCUT2D eigenvalue weighted by atomic mass is 32.1. The van der Waals surface area contributed by atoms with Gasteiger partial charge in [0.05, 0.1) is 29.3 Å². The Balaban J connectivity index is 1.52. The maximum atomic E-state index is 12.7. The van der Waals surface area contributed by atoms with Gasteiger partial charge in [-0.25, -0.2) is 4.98 Å². The van der Waals surface area contributed by atoms with Crippen molar-refractivity contribution < 1.29 is 18.7 Å². The molecule has 1 N–H and O–H groups in total. The molecule has 1 amide bonds. The monoisotopic (exact) mass is 398 g/mol. The molecule has 1 aliphatic heterocycles. The molecule has 3 aromatic rings. The van der Waals surface area contributed by atoms with E-state index in [1.807, 2.05) is 50.4 Å². The van der Waals surface area contributed by atoms with Crippen LogP contribution in [0.5, 0.6) is 11.5 Å². The first-order valence-electron chi connectivity index (χ1n) is 9.30. The number of fused-ring (bicyclic) bond motifs is 1. The number of hydrogen-bond donors (Lipinski definition) is 1. The molecule has 0 saturated carbocycles. The Kier molecular flexibility index (Phi) is 5.09. The highest BCUT2D eigenvalue weighted by Gasteiger charge is 2.23. The van der Waals surface area contributed by atoms with Crippen LogP contribution in [0, 0.1) is 6.92 Å². The minimum absolute atomic E-state index is 0.126. The van der Waals surface area contributed by atoms with Crippen molar-refractivity contribution in [3.05, 3.63) is 46.7 Å². The Labute approximate surface area is 167 Å². The summed E-state index contributed by atoms with van der Waals surface area (Å²) < 4.78 is 17.3. The van der Waals surface area contributed by atoms with Gasteiger partial charge in [0.2, 0.25) is 11.8 Å². The summed E-state index contributed by atoms with van der Waals surface area (Å²) >= 11 is 1.55. The average Bonchev–Trinajstić information content (AvgIpc) is 3.36. The molecule has 0 spiro atoms. The number of rotatable bonds is 6. The molecule has 0 saturated heterocycles. The van der Waals surface area contributed by atoms with E-state index in [1.54, 1.807) is 11.3 Å². The Morgan fingerprint density at radius 1 is 1.43 bits per heavy atom. The number of anilines is 1. The zero-order chi connectivity index (χ0) is 19.7. The van der Waals surface area contributed by atoms with E-state index >= 15 is 0 Å². The van der Waals surface area contributed by atoms with Gasteiger partial charge in [-0.15, -0.1) is 11.3 Å². The summed E-state index contributed by atoms with van der Waals surface area (Å²) in [5.41, 5.74) is 2.34. The van der Waals surface area contributed by atoms with Crippen LogP contribution in [0.2, 0.25) is 0 Å². The van der Waals surface area contributed by atoms with Crippen molar-refractivity contribution in [2.45, 2.75) is 39.7 Å². The standard InChI is InChI=1S/C21H22N2O4S/c1-4-25-18-9-14-8-12(2)26-17(14)10-16(18)22-20(24)11-15-13(3)27-21(23-15)19-6-5-7-28-19/h5-7,9-10,12H,4,8,11H2,1-3H3,(H,22,24)/t12-/m0/s1. The third-order valence-electron chi connectivity index (χ3n) is 4.52. The average molecular weight is 398 g/mol. The second-order valence-corrected chi connectivity index (χ2v) is 7.69. The van der Waals surface area contributed by atoms with Crippen LogP contribution in [0.25, 0.3) is 10.8 Å². The summed E-state index contributed by atoms with van der Waals surface area (Å²) in [4.78, 5) is 18.1. The van der Waals surface area contributed by atoms with Gasteiger partial charge in [0.1, 0.15) is 23.4 Å². The van der Waals surface area contributed by atoms with E-state index in [9.17, 15) is 4.79 Å². The number of ether oxygens (including phenoxy) is 2. The Hall–Kier alpha value is -2.80.